The van der Waals surface area contributed by atoms with Crippen molar-refractivity contribution in [3.8, 4) is 11.1 Å². The third-order valence-electron chi connectivity index (χ3n) is 3.50. The lowest BCUT2D eigenvalue weighted by atomic mass is 9.99. The van der Waals surface area contributed by atoms with Gasteiger partial charge in [-0.25, -0.2) is 4.98 Å². The molecule has 0 aliphatic heterocycles. The minimum Gasteiger partial charge on any atom is -0.324 e. The zero-order chi connectivity index (χ0) is 13.4. The van der Waals surface area contributed by atoms with Gasteiger partial charge in [-0.15, -0.1) is 0 Å². The van der Waals surface area contributed by atoms with Crippen molar-refractivity contribution < 1.29 is 0 Å². The van der Waals surface area contributed by atoms with E-state index in [1.165, 1.54) is 22.3 Å². The van der Waals surface area contributed by atoms with Crippen molar-refractivity contribution in [2.45, 2.75) is 20.4 Å². The molecule has 1 aromatic carbocycles. The van der Waals surface area contributed by atoms with E-state index < -0.39 is 0 Å². The van der Waals surface area contributed by atoms with Crippen LogP contribution in [-0.4, -0.2) is 9.38 Å². The molecule has 0 spiro atoms. The normalized spacial score (nSPS) is 11.1. The summed E-state index contributed by atoms with van der Waals surface area (Å²) >= 11 is 0. The van der Waals surface area contributed by atoms with Gasteiger partial charge in [0.25, 0.3) is 0 Å². The number of rotatable bonds is 2. The molecule has 2 aromatic heterocycles. The number of nitrogens with zero attached hydrogens (tertiary/aromatic N) is 2. The molecule has 3 heteroatoms. The third kappa shape index (κ3) is 1.92. The average molecular weight is 251 g/mol. The fourth-order valence-electron chi connectivity index (χ4n) is 2.57. The molecule has 19 heavy (non-hydrogen) atoms. The van der Waals surface area contributed by atoms with Gasteiger partial charge in [0.05, 0.1) is 18.3 Å². The summed E-state index contributed by atoms with van der Waals surface area (Å²) in [5.41, 5.74) is 11.8. The van der Waals surface area contributed by atoms with E-state index in [1.807, 2.05) is 18.5 Å². The first-order chi connectivity index (χ1) is 9.20. The van der Waals surface area contributed by atoms with E-state index in [1.54, 1.807) is 0 Å². The standard InChI is InChI=1S/C16H17N3/c1-11-5-6-13(12(2)8-11)14-4-3-7-19-15(14)10-18-16(19)9-17/h3-8,10H,9,17H2,1-2H3. The lowest BCUT2D eigenvalue weighted by Gasteiger charge is -2.09. The van der Waals surface area contributed by atoms with Gasteiger partial charge in [0.15, 0.2) is 0 Å². The van der Waals surface area contributed by atoms with Crippen LogP contribution in [0.2, 0.25) is 0 Å². The topological polar surface area (TPSA) is 43.3 Å². The van der Waals surface area contributed by atoms with Crippen LogP contribution in [0.4, 0.5) is 0 Å². The number of hydrogen-bond acceptors (Lipinski definition) is 2. The average Bonchev–Trinajstić information content (AvgIpc) is 2.82. The largest absolute Gasteiger partial charge is 0.324 e. The SMILES string of the molecule is Cc1ccc(-c2cccn3c(CN)ncc23)c(C)c1. The van der Waals surface area contributed by atoms with Crippen LogP contribution < -0.4 is 5.73 Å². The summed E-state index contributed by atoms with van der Waals surface area (Å²) in [6.45, 7) is 4.71. The van der Waals surface area contributed by atoms with E-state index in [2.05, 4.69) is 47.5 Å². The van der Waals surface area contributed by atoms with Crippen molar-refractivity contribution in [1.82, 2.24) is 9.38 Å². The Bertz CT molecular complexity index is 741. The zero-order valence-electron chi connectivity index (χ0n) is 11.2. The van der Waals surface area contributed by atoms with Gasteiger partial charge >= 0.3 is 0 Å². The highest BCUT2D eigenvalue weighted by atomic mass is 15.0. The molecule has 0 saturated carbocycles. The predicted octanol–water partition coefficient (Wildman–Crippen LogP) is 3.08. The first-order valence-electron chi connectivity index (χ1n) is 6.43. The van der Waals surface area contributed by atoms with E-state index in [0.717, 1.165) is 11.3 Å². The highest BCUT2D eigenvalue weighted by molar-refractivity contribution is 5.82. The Kier molecular flexibility index (Phi) is 2.84. The molecule has 0 aliphatic rings. The molecule has 2 N–H and O–H groups in total. The number of aromatic nitrogens is 2. The Balaban J connectivity index is 2.28. The van der Waals surface area contributed by atoms with Gasteiger partial charge in [-0.2, -0.15) is 0 Å². The third-order valence-corrected chi connectivity index (χ3v) is 3.50. The Labute approximate surface area is 112 Å². The number of benzene rings is 1. The summed E-state index contributed by atoms with van der Waals surface area (Å²) in [5, 5.41) is 0. The lowest BCUT2D eigenvalue weighted by molar-refractivity contribution is 0.904. The number of fused-ring (bicyclic) bond motifs is 1. The monoisotopic (exact) mass is 251 g/mol. The molecule has 0 bridgehead atoms. The van der Waals surface area contributed by atoms with Crippen molar-refractivity contribution in [2.75, 3.05) is 0 Å². The summed E-state index contributed by atoms with van der Waals surface area (Å²) in [7, 11) is 0. The van der Waals surface area contributed by atoms with E-state index in [-0.39, 0.29) is 0 Å². The maximum atomic E-state index is 5.72. The molecule has 3 nitrogen and oxygen atoms in total. The van der Waals surface area contributed by atoms with Crippen LogP contribution in [0.25, 0.3) is 16.6 Å². The second-order valence-electron chi connectivity index (χ2n) is 4.87. The molecule has 0 atom stereocenters. The molecule has 2 heterocycles. The smallest absolute Gasteiger partial charge is 0.127 e. The second kappa shape index (κ2) is 4.52. The molecule has 0 saturated heterocycles. The minimum atomic E-state index is 0.449. The molecule has 3 aromatic rings. The quantitative estimate of drug-likeness (QED) is 0.760. The highest BCUT2D eigenvalue weighted by Crippen LogP contribution is 2.28. The van der Waals surface area contributed by atoms with Gasteiger partial charge in [-0.3, -0.25) is 0 Å². The number of aryl methyl sites for hydroxylation is 2. The summed E-state index contributed by atoms with van der Waals surface area (Å²) in [6, 6.07) is 10.7. The zero-order valence-corrected chi connectivity index (χ0v) is 11.2. The van der Waals surface area contributed by atoms with Crippen LogP contribution in [0.3, 0.4) is 0 Å². The van der Waals surface area contributed by atoms with E-state index in [9.17, 15) is 0 Å². The highest BCUT2D eigenvalue weighted by Gasteiger charge is 2.09. The maximum Gasteiger partial charge on any atom is 0.127 e. The molecule has 0 radical (unpaired) electrons. The van der Waals surface area contributed by atoms with Crippen molar-refractivity contribution in [2.24, 2.45) is 5.73 Å². The molecular weight excluding hydrogens is 234 g/mol. The van der Waals surface area contributed by atoms with E-state index >= 15 is 0 Å². The number of imidazole rings is 1. The predicted molar refractivity (Wildman–Crippen MR) is 78.0 cm³/mol. The van der Waals surface area contributed by atoms with Gasteiger partial charge in [0.2, 0.25) is 0 Å². The van der Waals surface area contributed by atoms with Crippen molar-refractivity contribution in [3.05, 3.63) is 59.7 Å². The fourth-order valence-corrected chi connectivity index (χ4v) is 2.57. The summed E-state index contributed by atoms with van der Waals surface area (Å²) in [5.74, 6) is 0.890. The van der Waals surface area contributed by atoms with Gasteiger partial charge in [0.1, 0.15) is 5.82 Å². The maximum absolute atomic E-state index is 5.72. The van der Waals surface area contributed by atoms with Crippen molar-refractivity contribution in [3.63, 3.8) is 0 Å². The Morgan fingerprint density at radius 2 is 2.00 bits per heavy atom. The molecule has 0 amide bonds. The van der Waals surface area contributed by atoms with Crippen LogP contribution in [-0.2, 0) is 6.54 Å². The molecule has 0 aliphatic carbocycles. The summed E-state index contributed by atoms with van der Waals surface area (Å²) in [4.78, 5) is 4.39. The van der Waals surface area contributed by atoms with Gasteiger partial charge in [-0.05, 0) is 31.0 Å². The Morgan fingerprint density at radius 3 is 2.74 bits per heavy atom. The van der Waals surface area contributed by atoms with Crippen LogP contribution in [0, 0.1) is 13.8 Å². The minimum absolute atomic E-state index is 0.449. The van der Waals surface area contributed by atoms with Crippen molar-refractivity contribution >= 4 is 5.52 Å². The van der Waals surface area contributed by atoms with Crippen LogP contribution in [0.15, 0.2) is 42.7 Å². The van der Waals surface area contributed by atoms with Crippen molar-refractivity contribution in [1.29, 1.82) is 0 Å². The van der Waals surface area contributed by atoms with Gasteiger partial charge in [-0.1, -0.05) is 29.8 Å². The lowest BCUT2D eigenvalue weighted by Crippen LogP contribution is -2.02. The van der Waals surface area contributed by atoms with Gasteiger partial charge in [0, 0.05) is 11.8 Å². The van der Waals surface area contributed by atoms with Crippen LogP contribution >= 0.6 is 0 Å². The summed E-state index contributed by atoms with van der Waals surface area (Å²) < 4.78 is 2.06. The Hall–Kier alpha value is -2.13. The van der Waals surface area contributed by atoms with E-state index in [4.69, 9.17) is 5.73 Å². The number of nitrogens with two attached hydrogens (primary N) is 1. The molecule has 3 rings (SSSR count). The summed E-state index contributed by atoms with van der Waals surface area (Å²) in [6.07, 6.45) is 3.91. The first-order valence-corrected chi connectivity index (χ1v) is 6.43. The van der Waals surface area contributed by atoms with Gasteiger partial charge < -0.3 is 10.1 Å². The molecule has 0 fully saturated rings. The van der Waals surface area contributed by atoms with Crippen LogP contribution in [0.1, 0.15) is 17.0 Å². The molecule has 0 unspecified atom stereocenters. The Morgan fingerprint density at radius 1 is 1.16 bits per heavy atom. The van der Waals surface area contributed by atoms with Crippen LogP contribution in [0.5, 0.6) is 0 Å². The second-order valence-corrected chi connectivity index (χ2v) is 4.87. The molecular formula is C16H17N3. The first kappa shape index (κ1) is 11.9. The van der Waals surface area contributed by atoms with E-state index in [0.29, 0.717) is 6.54 Å². The molecule has 96 valence electrons. The number of pyridine rings is 1. The number of hydrogen-bond donors (Lipinski definition) is 1. The fraction of sp³-hybridized carbons (Fsp3) is 0.188.